The normalized spacial score (nSPS) is 23.6. The van der Waals surface area contributed by atoms with Gasteiger partial charge in [0.1, 0.15) is 0 Å². The van der Waals surface area contributed by atoms with Gasteiger partial charge in [-0.15, -0.1) is 11.3 Å². The summed E-state index contributed by atoms with van der Waals surface area (Å²) in [6.45, 7) is 0.656. The van der Waals surface area contributed by atoms with Crippen molar-refractivity contribution in [3.63, 3.8) is 0 Å². The second kappa shape index (κ2) is 6.00. The first-order valence-corrected chi connectivity index (χ1v) is 7.09. The van der Waals surface area contributed by atoms with Crippen molar-refractivity contribution < 1.29 is 14.7 Å². The van der Waals surface area contributed by atoms with Gasteiger partial charge in [-0.1, -0.05) is 6.07 Å². The van der Waals surface area contributed by atoms with Crippen molar-refractivity contribution in [3.8, 4) is 0 Å². The lowest BCUT2D eigenvalue weighted by Gasteiger charge is -2.26. The van der Waals surface area contributed by atoms with E-state index in [1.807, 2.05) is 11.4 Å². The molecule has 18 heavy (non-hydrogen) atoms. The van der Waals surface area contributed by atoms with Crippen LogP contribution in [0.2, 0.25) is 0 Å². The molecular formula is C13H17NO3S. The maximum atomic E-state index is 11.7. The van der Waals surface area contributed by atoms with Gasteiger partial charge in [0, 0.05) is 6.54 Å². The third kappa shape index (κ3) is 3.32. The van der Waals surface area contributed by atoms with Crippen LogP contribution in [-0.2, 0) is 4.79 Å². The SMILES string of the molecule is O=C(NCC1CCC(C(=O)O)CC1)c1cccs1. The second-order valence-corrected chi connectivity index (χ2v) is 5.69. The molecule has 1 saturated carbocycles. The van der Waals surface area contributed by atoms with Crippen molar-refractivity contribution in [1.82, 2.24) is 5.32 Å². The van der Waals surface area contributed by atoms with Gasteiger partial charge in [-0.05, 0) is 43.0 Å². The maximum Gasteiger partial charge on any atom is 0.306 e. The first-order chi connectivity index (χ1) is 8.66. The molecule has 0 saturated heterocycles. The van der Waals surface area contributed by atoms with Gasteiger partial charge in [-0.3, -0.25) is 9.59 Å². The number of carbonyl (C=O) groups excluding carboxylic acids is 1. The lowest BCUT2D eigenvalue weighted by molar-refractivity contribution is -0.143. The summed E-state index contributed by atoms with van der Waals surface area (Å²) >= 11 is 1.43. The predicted molar refractivity (Wildman–Crippen MR) is 69.7 cm³/mol. The van der Waals surface area contributed by atoms with Crippen molar-refractivity contribution in [2.24, 2.45) is 11.8 Å². The van der Waals surface area contributed by atoms with Crippen LogP contribution in [0.15, 0.2) is 17.5 Å². The molecule has 2 N–H and O–H groups in total. The summed E-state index contributed by atoms with van der Waals surface area (Å²) in [5.41, 5.74) is 0. The Labute approximate surface area is 110 Å². The van der Waals surface area contributed by atoms with Gasteiger partial charge in [0.05, 0.1) is 10.8 Å². The van der Waals surface area contributed by atoms with Crippen molar-refractivity contribution in [1.29, 1.82) is 0 Å². The molecule has 1 fully saturated rings. The van der Waals surface area contributed by atoms with Gasteiger partial charge in [0.2, 0.25) is 0 Å². The molecule has 1 aliphatic carbocycles. The van der Waals surface area contributed by atoms with E-state index < -0.39 is 5.97 Å². The van der Waals surface area contributed by atoms with Crippen LogP contribution in [-0.4, -0.2) is 23.5 Å². The molecule has 0 unspecified atom stereocenters. The van der Waals surface area contributed by atoms with Gasteiger partial charge in [-0.2, -0.15) is 0 Å². The number of rotatable bonds is 4. The van der Waals surface area contributed by atoms with E-state index in [-0.39, 0.29) is 11.8 Å². The molecule has 0 aliphatic heterocycles. The van der Waals surface area contributed by atoms with E-state index >= 15 is 0 Å². The Morgan fingerprint density at radius 2 is 2.06 bits per heavy atom. The summed E-state index contributed by atoms with van der Waals surface area (Å²) in [5, 5.41) is 13.7. The molecule has 1 amide bonds. The van der Waals surface area contributed by atoms with Crippen LogP contribution < -0.4 is 5.32 Å². The fourth-order valence-electron chi connectivity index (χ4n) is 2.35. The zero-order valence-electron chi connectivity index (χ0n) is 10.1. The second-order valence-electron chi connectivity index (χ2n) is 4.74. The average molecular weight is 267 g/mol. The van der Waals surface area contributed by atoms with Crippen LogP contribution in [0.3, 0.4) is 0 Å². The van der Waals surface area contributed by atoms with Gasteiger partial charge in [0.25, 0.3) is 5.91 Å². The van der Waals surface area contributed by atoms with E-state index in [4.69, 9.17) is 5.11 Å². The molecule has 0 aromatic carbocycles. The minimum absolute atomic E-state index is 0.0228. The molecule has 1 heterocycles. The third-order valence-corrected chi connectivity index (χ3v) is 4.36. The Morgan fingerprint density at radius 1 is 1.33 bits per heavy atom. The molecule has 1 aromatic heterocycles. The highest BCUT2D eigenvalue weighted by Gasteiger charge is 2.26. The van der Waals surface area contributed by atoms with Crippen LogP contribution in [0, 0.1) is 11.8 Å². The van der Waals surface area contributed by atoms with Gasteiger partial charge in [0.15, 0.2) is 0 Å². The summed E-state index contributed by atoms with van der Waals surface area (Å²) in [4.78, 5) is 23.3. The molecular weight excluding hydrogens is 250 g/mol. The first-order valence-electron chi connectivity index (χ1n) is 6.21. The van der Waals surface area contributed by atoms with Gasteiger partial charge < -0.3 is 10.4 Å². The zero-order valence-corrected chi connectivity index (χ0v) is 10.9. The molecule has 98 valence electrons. The van der Waals surface area contributed by atoms with Gasteiger partial charge in [-0.25, -0.2) is 0 Å². The van der Waals surface area contributed by atoms with E-state index in [1.54, 1.807) is 6.07 Å². The highest BCUT2D eigenvalue weighted by atomic mass is 32.1. The molecule has 2 rings (SSSR count). The number of carboxylic acid groups (broad SMARTS) is 1. The van der Waals surface area contributed by atoms with Crippen LogP contribution >= 0.6 is 11.3 Å². The Bertz CT molecular complexity index is 408. The fraction of sp³-hybridized carbons (Fsp3) is 0.538. The molecule has 4 nitrogen and oxygen atoms in total. The van der Waals surface area contributed by atoms with E-state index in [0.29, 0.717) is 12.5 Å². The average Bonchev–Trinajstić information content (AvgIpc) is 2.90. The lowest BCUT2D eigenvalue weighted by Crippen LogP contribution is -2.32. The van der Waals surface area contributed by atoms with E-state index in [2.05, 4.69) is 5.32 Å². The molecule has 5 heteroatoms. The first kappa shape index (κ1) is 13.1. The number of aliphatic carboxylic acids is 1. The Morgan fingerprint density at radius 3 is 2.61 bits per heavy atom. The van der Waals surface area contributed by atoms with E-state index in [9.17, 15) is 9.59 Å². The summed E-state index contributed by atoms with van der Waals surface area (Å²) in [6.07, 6.45) is 3.24. The fourth-order valence-corrected chi connectivity index (χ4v) is 2.99. The minimum Gasteiger partial charge on any atom is -0.481 e. The summed E-state index contributed by atoms with van der Waals surface area (Å²) in [6, 6.07) is 3.67. The zero-order chi connectivity index (χ0) is 13.0. The molecule has 0 radical (unpaired) electrons. The van der Waals surface area contributed by atoms with Crippen LogP contribution in [0.1, 0.15) is 35.4 Å². The molecule has 0 atom stereocenters. The largest absolute Gasteiger partial charge is 0.481 e. The highest BCUT2D eigenvalue weighted by molar-refractivity contribution is 7.12. The molecule has 0 bridgehead atoms. The van der Waals surface area contributed by atoms with Crippen LogP contribution in [0.5, 0.6) is 0 Å². The minimum atomic E-state index is -0.684. The summed E-state index contributed by atoms with van der Waals surface area (Å²) in [5.74, 6) is -0.472. The molecule has 0 spiro atoms. The number of thiophene rings is 1. The van der Waals surface area contributed by atoms with E-state index in [0.717, 1.165) is 30.6 Å². The lowest BCUT2D eigenvalue weighted by atomic mass is 9.82. The maximum absolute atomic E-state index is 11.7. The van der Waals surface area contributed by atoms with Gasteiger partial charge >= 0.3 is 5.97 Å². The molecule has 1 aromatic rings. The summed E-state index contributed by atoms with van der Waals surface area (Å²) in [7, 11) is 0. The monoisotopic (exact) mass is 267 g/mol. The number of carbonyl (C=O) groups is 2. The third-order valence-electron chi connectivity index (χ3n) is 3.49. The Hall–Kier alpha value is -1.36. The Kier molecular flexibility index (Phi) is 4.36. The number of nitrogens with one attached hydrogen (secondary N) is 1. The predicted octanol–water partition coefficient (Wildman–Crippen LogP) is 2.37. The van der Waals surface area contributed by atoms with Crippen molar-refractivity contribution in [3.05, 3.63) is 22.4 Å². The molecule has 1 aliphatic rings. The van der Waals surface area contributed by atoms with Crippen LogP contribution in [0.4, 0.5) is 0 Å². The summed E-state index contributed by atoms with van der Waals surface area (Å²) < 4.78 is 0. The van der Waals surface area contributed by atoms with Crippen molar-refractivity contribution >= 4 is 23.2 Å². The van der Waals surface area contributed by atoms with Crippen molar-refractivity contribution in [2.45, 2.75) is 25.7 Å². The number of hydrogen-bond donors (Lipinski definition) is 2. The van der Waals surface area contributed by atoms with E-state index in [1.165, 1.54) is 11.3 Å². The number of carboxylic acids is 1. The standard InChI is InChI=1S/C13H17NO3S/c15-12(11-2-1-7-18-11)14-8-9-3-5-10(6-4-9)13(16)17/h1-2,7,9-10H,3-6,8H2,(H,14,15)(H,16,17). The van der Waals surface area contributed by atoms with Crippen molar-refractivity contribution in [2.75, 3.05) is 6.54 Å². The highest BCUT2D eigenvalue weighted by Crippen LogP contribution is 2.28. The number of amides is 1. The quantitative estimate of drug-likeness (QED) is 0.880. The number of hydrogen-bond acceptors (Lipinski definition) is 3. The Balaban J connectivity index is 1.72. The topological polar surface area (TPSA) is 66.4 Å². The smallest absolute Gasteiger partial charge is 0.306 e. The van der Waals surface area contributed by atoms with Crippen LogP contribution in [0.25, 0.3) is 0 Å².